The summed E-state index contributed by atoms with van der Waals surface area (Å²) in [5.74, 6) is 0. The Bertz CT molecular complexity index is 58.3. The van der Waals surface area contributed by atoms with Crippen LogP contribution in [0, 0.1) is 0 Å². The molecule has 0 aliphatic carbocycles. The van der Waals surface area contributed by atoms with Gasteiger partial charge in [0.05, 0.1) is 0 Å². The third kappa shape index (κ3) is 176. The fraction of sp³-hybridized carbons (Fsp3) is 0. The molecule has 0 heterocycles. The van der Waals surface area contributed by atoms with Gasteiger partial charge < -0.3 is 20.2 Å². The molecular formula is H8Li3O5P. The molecule has 0 atom stereocenters. The fourth-order valence-electron chi connectivity index (χ4n) is 0. The molecule has 0 aromatic rings. The van der Waals surface area contributed by atoms with Gasteiger partial charge in [-0.05, 0) is 0 Å². The Kier molecular flexibility index (Phi) is 42.8. The first-order valence-corrected chi connectivity index (χ1v) is 2.35. The van der Waals surface area contributed by atoms with Gasteiger partial charge in [-0.1, -0.05) is 0 Å². The summed E-state index contributed by atoms with van der Waals surface area (Å²) in [5.41, 5.74) is 0. The summed E-state index contributed by atoms with van der Waals surface area (Å²) in [6, 6.07) is 0. The van der Waals surface area contributed by atoms with Crippen molar-refractivity contribution in [3.8, 4) is 0 Å². The molecule has 0 spiro atoms. The molecule has 0 aliphatic rings. The maximum atomic E-state index is 8.88. The second kappa shape index (κ2) is 12.5. The molecule has 5 N–H and O–H groups in total. The van der Waals surface area contributed by atoms with Crippen LogP contribution in [0.5, 0.6) is 0 Å². The summed E-state index contributed by atoms with van der Waals surface area (Å²) in [5, 5.41) is 0. The fourth-order valence-corrected chi connectivity index (χ4v) is 0. The van der Waals surface area contributed by atoms with Crippen molar-refractivity contribution in [3.63, 3.8) is 0 Å². The molecule has 0 saturated carbocycles. The Labute approximate surface area is 88.7 Å². The minimum absolute atomic E-state index is 0. The van der Waals surface area contributed by atoms with Gasteiger partial charge in [-0.15, -0.1) is 0 Å². The van der Waals surface area contributed by atoms with Crippen LogP contribution in [0.4, 0.5) is 0 Å². The summed E-state index contributed by atoms with van der Waals surface area (Å²) in [6.07, 6.45) is 0. The summed E-state index contributed by atoms with van der Waals surface area (Å²) in [4.78, 5) is 21.6. The summed E-state index contributed by atoms with van der Waals surface area (Å²) in [7, 11) is -4.64. The van der Waals surface area contributed by atoms with E-state index in [4.69, 9.17) is 19.2 Å². The molecule has 0 fully saturated rings. The molecule has 0 aliphatic heterocycles. The average molecular weight is 140 g/mol. The Balaban J connectivity index is -0.0000000133. The Morgan fingerprint density at radius 2 is 0.889 bits per heavy atom. The van der Waals surface area contributed by atoms with Gasteiger partial charge in [0.1, 0.15) is 0 Å². The van der Waals surface area contributed by atoms with Gasteiger partial charge in [-0.2, -0.15) is 0 Å². The summed E-state index contributed by atoms with van der Waals surface area (Å²) < 4.78 is 8.88. The molecule has 0 bridgehead atoms. The van der Waals surface area contributed by atoms with Gasteiger partial charge in [-0.3, -0.25) is 0 Å². The van der Waals surface area contributed by atoms with Crippen LogP contribution in [0.25, 0.3) is 0 Å². The van der Waals surface area contributed by atoms with Gasteiger partial charge in [0.15, 0.2) is 0 Å². The normalized spacial score (nSPS) is 6.56. The van der Waals surface area contributed by atoms with E-state index in [0.717, 1.165) is 0 Å². The van der Waals surface area contributed by atoms with Crippen LogP contribution >= 0.6 is 7.82 Å². The quantitative estimate of drug-likeness (QED) is 0.237. The van der Waals surface area contributed by atoms with Crippen molar-refractivity contribution in [1.82, 2.24) is 0 Å². The SMILES string of the molecule is O.O=P(O)(O)O.[LiH].[LiH].[LiH]. The van der Waals surface area contributed by atoms with Crippen molar-refractivity contribution in [2.45, 2.75) is 0 Å². The van der Waals surface area contributed by atoms with Crippen LogP contribution < -0.4 is 0 Å². The van der Waals surface area contributed by atoms with E-state index < -0.39 is 7.82 Å². The zero-order chi connectivity index (χ0) is 4.50. The molecular weight excluding hydrogens is 132 g/mol. The van der Waals surface area contributed by atoms with E-state index in [1.807, 2.05) is 0 Å². The monoisotopic (exact) mass is 140 g/mol. The second-order valence-electron chi connectivity index (χ2n) is 0.513. The van der Waals surface area contributed by atoms with Crippen LogP contribution in [0.15, 0.2) is 0 Å². The standard InChI is InChI=1S/3Li.H3O4P.H2O.3H/c;;;1-5(2,3)4;;;;/h;;;(H3,1,2,3,4);1H2;;;. The van der Waals surface area contributed by atoms with E-state index in [0.29, 0.717) is 0 Å². The number of rotatable bonds is 0. The molecule has 0 radical (unpaired) electrons. The van der Waals surface area contributed by atoms with Gasteiger partial charge in [-0.25, -0.2) is 4.57 Å². The molecule has 9 heteroatoms. The maximum absolute atomic E-state index is 8.88. The second-order valence-corrected chi connectivity index (χ2v) is 1.54. The van der Waals surface area contributed by atoms with Crippen molar-refractivity contribution >= 4 is 64.4 Å². The molecule has 5 nitrogen and oxygen atoms in total. The van der Waals surface area contributed by atoms with E-state index in [1.54, 1.807) is 0 Å². The predicted molar refractivity (Wildman–Crippen MR) is 39.3 cm³/mol. The van der Waals surface area contributed by atoms with E-state index in [-0.39, 0.29) is 62.1 Å². The predicted octanol–water partition coefficient (Wildman–Crippen LogP) is -3.70. The van der Waals surface area contributed by atoms with Crippen LogP contribution in [0.2, 0.25) is 0 Å². The number of hydrogen-bond acceptors (Lipinski definition) is 1. The van der Waals surface area contributed by atoms with Gasteiger partial charge in [0, 0.05) is 0 Å². The molecule has 0 saturated heterocycles. The van der Waals surface area contributed by atoms with Crippen molar-refractivity contribution in [2.24, 2.45) is 0 Å². The molecule has 46 valence electrons. The topological polar surface area (TPSA) is 109 Å². The Morgan fingerprint density at radius 1 is 0.889 bits per heavy atom. The van der Waals surface area contributed by atoms with Gasteiger partial charge >= 0.3 is 64.4 Å². The zero-order valence-corrected chi connectivity index (χ0v) is 3.59. The first kappa shape index (κ1) is 30.7. The Hall–Kier alpha value is 1.86. The molecule has 0 unspecified atom stereocenters. The molecule has 0 rings (SSSR count). The van der Waals surface area contributed by atoms with Crippen molar-refractivity contribution in [3.05, 3.63) is 0 Å². The van der Waals surface area contributed by atoms with E-state index in [9.17, 15) is 0 Å². The summed E-state index contributed by atoms with van der Waals surface area (Å²) >= 11 is 0. The molecule has 0 aromatic carbocycles. The number of phosphoric acid groups is 1. The van der Waals surface area contributed by atoms with Gasteiger partial charge in [0.25, 0.3) is 0 Å². The molecule has 0 amide bonds. The zero-order valence-electron chi connectivity index (χ0n) is 2.70. The van der Waals surface area contributed by atoms with Crippen LogP contribution in [0.1, 0.15) is 0 Å². The van der Waals surface area contributed by atoms with Crippen LogP contribution in [-0.2, 0) is 4.57 Å². The van der Waals surface area contributed by atoms with Gasteiger partial charge in [0.2, 0.25) is 0 Å². The van der Waals surface area contributed by atoms with E-state index in [1.165, 1.54) is 0 Å². The first-order chi connectivity index (χ1) is 2.00. The molecule has 9 heavy (non-hydrogen) atoms. The van der Waals surface area contributed by atoms with E-state index in [2.05, 4.69) is 0 Å². The Morgan fingerprint density at radius 3 is 0.889 bits per heavy atom. The van der Waals surface area contributed by atoms with Crippen LogP contribution in [-0.4, -0.2) is 76.7 Å². The first-order valence-electron chi connectivity index (χ1n) is 0.783. The van der Waals surface area contributed by atoms with Crippen molar-refractivity contribution in [1.29, 1.82) is 0 Å². The summed E-state index contributed by atoms with van der Waals surface area (Å²) in [6.45, 7) is 0. The minimum atomic E-state index is -4.64. The third-order valence-corrected chi connectivity index (χ3v) is 0. The van der Waals surface area contributed by atoms with Crippen molar-refractivity contribution in [2.75, 3.05) is 0 Å². The molecule has 0 aromatic heterocycles. The van der Waals surface area contributed by atoms with Crippen LogP contribution in [0.3, 0.4) is 0 Å². The number of hydrogen-bond donors (Lipinski definition) is 3. The average Bonchev–Trinajstić information content (AvgIpc) is 0.722. The van der Waals surface area contributed by atoms with E-state index >= 15 is 0 Å². The van der Waals surface area contributed by atoms with Crippen molar-refractivity contribution < 1.29 is 24.7 Å². The third-order valence-electron chi connectivity index (χ3n) is 0.